The van der Waals surface area contributed by atoms with Gasteiger partial charge < -0.3 is 9.42 Å². The molecule has 4 rings (SSSR count). The van der Waals surface area contributed by atoms with Gasteiger partial charge in [0, 0.05) is 32.1 Å². The number of hydrogen-bond acceptors (Lipinski definition) is 5. The highest BCUT2D eigenvalue weighted by Crippen LogP contribution is 2.32. The largest absolute Gasteiger partial charge is 0.337 e. The molecule has 1 aromatic carbocycles. The molecule has 2 aromatic heterocycles. The van der Waals surface area contributed by atoms with Crippen molar-refractivity contribution in [3.05, 3.63) is 65.1 Å². The summed E-state index contributed by atoms with van der Waals surface area (Å²) in [5, 5.41) is 8.65. The second-order valence-electron chi connectivity index (χ2n) is 7.24. The predicted molar refractivity (Wildman–Crippen MR) is 98.8 cm³/mol. The normalized spacial score (nSPS) is 16.6. The van der Waals surface area contributed by atoms with Gasteiger partial charge in [0.05, 0.1) is 12.1 Å². The van der Waals surface area contributed by atoms with Crippen LogP contribution in [-0.4, -0.2) is 30.7 Å². The van der Waals surface area contributed by atoms with E-state index in [9.17, 15) is 4.79 Å². The van der Waals surface area contributed by atoms with E-state index in [1.165, 1.54) is 11.1 Å². The third kappa shape index (κ3) is 3.49. The van der Waals surface area contributed by atoms with Crippen molar-refractivity contribution < 1.29 is 9.32 Å². The molecule has 1 aliphatic heterocycles. The predicted octanol–water partition coefficient (Wildman–Crippen LogP) is 3.08. The summed E-state index contributed by atoms with van der Waals surface area (Å²) in [7, 11) is 0. The Morgan fingerprint density at radius 2 is 2.04 bits per heavy atom. The summed E-state index contributed by atoms with van der Waals surface area (Å²) >= 11 is 0. The molecule has 7 heteroatoms. The van der Waals surface area contributed by atoms with Crippen LogP contribution in [0.3, 0.4) is 0 Å². The van der Waals surface area contributed by atoms with Gasteiger partial charge in [-0.3, -0.25) is 9.48 Å². The van der Waals surface area contributed by atoms with Crippen molar-refractivity contribution in [1.29, 1.82) is 0 Å². The molecule has 1 atom stereocenters. The summed E-state index contributed by atoms with van der Waals surface area (Å²) in [6, 6.07) is 10.2. The van der Waals surface area contributed by atoms with E-state index in [-0.39, 0.29) is 11.9 Å². The fourth-order valence-electron chi connectivity index (χ4n) is 3.47. The topological polar surface area (TPSA) is 77.1 Å². The van der Waals surface area contributed by atoms with E-state index in [0.29, 0.717) is 37.1 Å². The molecule has 0 fully saturated rings. The molecule has 0 N–H and O–H groups in total. The average molecular weight is 365 g/mol. The standard InChI is InChI=1S/C20H23N5O2/c1-13(2)25-9-8-17(22-25)11-19-21-20(27-23-19)18-10-15-6-4-5-7-16(15)12-24(18)14(3)26/h4-9,13,18H,10-12H2,1-3H3. The van der Waals surface area contributed by atoms with Crippen LogP contribution in [0.4, 0.5) is 0 Å². The molecule has 0 bridgehead atoms. The fourth-order valence-corrected chi connectivity index (χ4v) is 3.47. The number of rotatable bonds is 4. The van der Waals surface area contributed by atoms with Crippen LogP contribution >= 0.6 is 0 Å². The molecule has 0 spiro atoms. The minimum atomic E-state index is -0.230. The number of carbonyl (C=O) groups is 1. The van der Waals surface area contributed by atoms with E-state index in [2.05, 4.69) is 41.2 Å². The summed E-state index contributed by atoms with van der Waals surface area (Å²) < 4.78 is 7.45. The van der Waals surface area contributed by atoms with E-state index >= 15 is 0 Å². The molecule has 0 saturated heterocycles. The molecule has 0 aliphatic carbocycles. The number of aromatic nitrogens is 4. The summed E-state index contributed by atoms with van der Waals surface area (Å²) in [6.07, 6.45) is 3.14. The Morgan fingerprint density at radius 3 is 2.74 bits per heavy atom. The van der Waals surface area contributed by atoms with Crippen molar-refractivity contribution in [3.8, 4) is 0 Å². The summed E-state index contributed by atoms with van der Waals surface area (Å²) in [4.78, 5) is 18.5. The lowest BCUT2D eigenvalue weighted by Crippen LogP contribution is -2.37. The molecule has 140 valence electrons. The Morgan fingerprint density at radius 1 is 1.26 bits per heavy atom. The van der Waals surface area contributed by atoms with Crippen molar-refractivity contribution >= 4 is 5.91 Å². The van der Waals surface area contributed by atoms with Crippen LogP contribution in [0.25, 0.3) is 0 Å². The molecule has 1 amide bonds. The number of nitrogens with zero attached hydrogens (tertiary/aromatic N) is 5. The molecular weight excluding hydrogens is 342 g/mol. The lowest BCUT2D eigenvalue weighted by Gasteiger charge is -2.34. The second-order valence-corrected chi connectivity index (χ2v) is 7.24. The van der Waals surface area contributed by atoms with Gasteiger partial charge in [-0.1, -0.05) is 29.4 Å². The molecule has 1 unspecified atom stereocenters. The highest BCUT2D eigenvalue weighted by Gasteiger charge is 2.33. The minimum absolute atomic E-state index is 0.00456. The Hall–Kier alpha value is -2.96. The Kier molecular flexibility index (Phi) is 4.51. The molecule has 3 heterocycles. The Labute approximate surface area is 158 Å². The lowest BCUT2D eigenvalue weighted by molar-refractivity contribution is -0.133. The van der Waals surface area contributed by atoms with Gasteiger partial charge in [0.1, 0.15) is 6.04 Å². The smallest absolute Gasteiger partial charge is 0.249 e. The minimum Gasteiger partial charge on any atom is -0.337 e. The zero-order chi connectivity index (χ0) is 19.0. The fraction of sp³-hybridized carbons (Fsp3) is 0.400. The zero-order valence-electron chi connectivity index (χ0n) is 15.8. The van der Waals surface area contributed by atoms with Crippen molar-refractivity contribution in [2.24, 2.45) is 0 Å². The van der Waals surface area contributed by atoms with Gasteiger partial charge in [0.2, 0.25) is 11.8 Å². The SMILES string of the molecule is CC(=O)N1Cc2ccccc2CC1c1nc(Cc2ccn(C(C)C)n2)no1. The van der Waals surface area contributed by atoms with E-state index < -0.39 is 0 Å². The van der Waals surface area contributed by atoms with Crippen LogP contribution in [0.2, 0.25) is 0 Å². The van der Waals surface area contributed by atoms with Gasteiger partial charge in [-0.25, -0.2) is 0 Å². The summed E-state index contributed by atoms with van der Waals surface area (Å²) in [5.74, 6) is 1.07. The molecule has 27 heavy (non-hydrogen) atoms. The van der Waals surface area contributed by atoms with Gasteiger partial charge in [-0.05, 0) is 31.0 Å². The van der Waals surface area contributed by atoms with E-state index in [1.807, 2.05) is 29.1 Å². The van der Waals surface area contributed by atoms with Gasteiger partial charge >= 0.3 is 0 Å². The van der Waals surface area contributed by atoms with Crippen molar-refractivity contribution in [1.82, 2.24) is 24.8 Å². The van der Waals surface area contributed by atoms with Gasteiger partial charge in [-0.15, -0.1) is 0 Å². The number of amides is 1. The van der Waals surface area contributed by atoms with Crippen LogP contribution in [0.15, 0.2) is 41.1 Å². The maximum Gasteiger partial charge on any atom is 0.249 e. The maximum absolute atomic E-state index is 12.2. The highest BCUT2D eigenvalue weighted by atomic mass is 16.5. The van der Waals surface area contributed by atoms with E-state index in [0.717, 1.165) is 5.69 Å². The summed E-state index contributed by atoms with van der Waals surface area (Å²) in [6.45, 7) is 6.31. The zero-order valence-corrected chi connectivity index (χ0v) is 15.8. The third-order valence-corrected chi connectivity index (χ3v) is 4.95. The molecule has 0 saturated carbocycles. The number of benzene rings is 1. The monoisotopic (exact) mass is 365 g/mol. The van der Waals surface area contributed by atoms with Crippen molar-refractivity contribution in [2.75, 3.05) is 0 Å². The lowest BCUT2D eigenvalue weighted by atomic mass is 9.94. The molecule has 0 radical (unpaired) electrons. The van der Waals surface area contributed by atoms with Crippen molar-refractivity contribution in [3.63, 3.8) is 0 Å². The number of hydrogen-bond donors (Lipinski definition) is 0. The van der Waals surface area contributed by atoms with Crippen LogP contribution in [-0.2, 0) is 24.2 Å². The van der Waals surface area contributed by atoms with Crippen LogP contribution in [0.5, 0.6) is 0 Å². The van der Waals surface area contributed by atoms with Gasteiger partial charge in [0.15, 0.2) is 5.82 Å². The first kappa shape index (κ1) is 17.5. The van der Waals surface area contributed by atoms with Gasteiger partial charge in [0.25, 0.3) is 0 Å². The van der Waals surface area contributed by atoms with Crippen LogP contribution in [0.1, 0.15) is 61.4 Å². The van der Waals surface area contributed by atoms with Gasteiger partial charge in [-0.2, -0.15) is 10.1 Å². The van der Waals surface area contributed by atoms with Crippen LogP contribution in [0, 0.1) is 0 Å². The molecule has 3 aromatic rings. The Bertz CT molecular complexity index is 959. The summed E-state index contributed by atoms with van der Waals surface area (Å²) in [5.41, 5.74) is 3.28. The third-order valence-electron chi connectivity index (χ3n) is 4.95. The average Bonchev–Trinajstić information content (AvgIpc) is 3.30. The maximum atomic E-state index is 12.2. The molecule has 1 aliphatic rings. The highest BCUT2D eigenvalue weighted by molar-refractivity contribution is 5.74. The molecular formula is C20H23N5O2. The first-order valence-corrected chi connectivity index (χ1v) is 9.21. The first-order valence-electron chi connectivity index (χ1n) is 9.21. The second kappa shape index (κ2) is 6.98. The Balaban J connectivity index is 1.56. The molecule has 7 nitrogen and oxygen atoms in total. The van der Waals surface area contributed by atoms with Crippen LogP contribution < -0.4 is 0 Å². The quantitative estimate of drug-likeness (QED) is 0.710. The van der Waals surface area contributed by atoms with Crippen molar-refractivity contribution in [2.45, 2.75) is 52.2 Å². The number of fused-ring (bicyclic) bond motifs is 1. The first-order chi connectivity index (χ1) is 13.0. The van der Waals surface area contributed by atoms with E-state index in [1.54, 1.807) is 11.8 Å². The van der Waals surface area contributed by atoms with E-state index in [4.69, 9.17) is 4.52 Å². The number of carbonyl (C=O) groups excluding carboxylic acids is 1.